The SMILES string of the molecule is C=NC(=O)C(=O)C(CC1CCC1)NC(=O)C1[C@@H]2[C@H](CN1C(=O)[C@@H](NC(=O)N[C@H](COC(=O)OCC(C)C)C(C)C)C(C)(C)C)C2(C)C. The number of amides is 5. The lowest BCUT2D eigenvalue weighted by atomic mass is 9.80. The maximum atomic E-state index is 14.3. The van der Waals surface area contributed by atoms with E-state index in [1.807, 2.05) is 62.3 Å². The van der Waals surface area contributed by atoms with Gasteiger partial charge in [-0.3, -0.25) is 19.2 Å². The molecule has 1 saturated heterocycles. The van der Waals surface area contributed by atoms with E-state index < -0.39 is 65.3 Å². The highest BCUT2D eigenvalue weighted by Gasteiger charge is 2.70. The van der Waals surface area contributed by atoms with Crippen molar-refractivity contribution in [3.8, 4) is 0 Å². The van der Waals surface area contributed by atoms with Crippen LogP contribution >= 0.6 is 0 Å². The van der Waals surface area contributed by atoms with Crippen molar-refractivity contribution in [3.05, 3.63) is 0 Å². The Kier molecular flexibility index (Phi) is 12.2. The molecule has 3 rings (SSSR count). The lowest BCUT2D eigenvalue weighted by molar-refractivity contribution is -0.145. The van der Waals surface area contributed by atoms with Crippen molar-refractivity contribution in [1.82, 2.24) is 20.9 Å². The van der Waals surface area contributed by atoms with Gasteiger partial charge in [-0.25, -0.2) is 14.6 Å². The minimum atomic E-state index is -1.05. The molecular weight excluding hydrogens is 606 g/mol. The molecule has 0 spiro atoms. The van der Waals surface area contributed by atoms with Crippen molar-refractivity contribution in [2.75, 3.05) is 19.8 Å². The first-order valence-electron chi connectivity index (χ1n) is 16.8. The molecule has 0 aromatic rings. The lowest BCUT2D eigenvalue weighted by Gasteiger charge is -2.38. The van der Waals surface area contributed by atoms with Crippen LogP contribution in [0.2, 0.25) is 0 Å². The van der Waals surface area contributed by atoms with Crippen LogP contribution in [-0.2, 0) is 28.7 Å². The van der Waals surface area contributed by atoms with E-state index in [0.29, 0.717) is 13.0 Å². The van der Waals surface area contributed by atoms with Crippen molar-refractivity contribution in [2.24, 2.45) is 45.4 Å². The molecule has 13 nitrogen and oxygen atoms in total. The Morgan fingerprint density at radius 2 is 1.57 bits per heavy atom. The first kappa shape index (κ1) is 37.9. The molecule has 2 saturated carbocycles. The second kappa shape index (κ2) is 15.1. The maximum absolute atomic E-state index is 14.3. The Morgan fingerprint density at radius 1 is 0.957 bits per heavy atom. The number of rotatable bonds is 14. The first-order valence-corrected chi connectivity index (χ1v) is 16.8. The van der Waals surface area contributed by atoms with E-state index in [4.69, 9.17) is 9.47 Å². The van der Waals surface area contributed by atoms with E-state index >= 15 is 0 Å². The molecule has 1 aliphatic heterocycles. The summed E-state index contributed by atoms with van der Waals surface area (Å²) in [4.78, 5) is 83.4. The van der Waals surface area contributed by atoms with Crippen molar-refractivity contribution < 1.29 is 38.2 Å². The van der Waals surface area contributed by atoms with Crippen molar-refractivity contribution in [3.63, 3.8) is 0 Å². The molecule has 264 valence electrons. The number of piperidine rings is 1. The number of likely N-dealkylation sites (tertiary alicyclic amines) is 1. The number of nitrogens with zero attached hydrogens (tertiary/aromatic N) is 2. The van der Waals surface area contributed by atoms with Crippen LogP contribution in [0.5, 0.6) is 0 Å². The van der Waals surface area contributed by atoms with E-state index in [1.165, 1.54) is 4.90 Å². The Balaban J connectivity index is 1.76. The second-order valence-electron chi connectivity index (χ2n) is 15.8. The molecule has 3 N–H and O–H groups in total. The average molecular weight is 662 g/mol. The molecule has 3 aliphatic rings. The van der Waals surface area contributed by atoms with E-state index in [0.717, 1.165) is 19.3 Å². The fourth-order valence-corrected chi connectivity index (χ4v) is 6.58. The van der Waals surface area contributed by atoms with Gasteiger partial charge in [-0.1, -0.05) is 81.6 Å². The molecule has 0 bridgehead atoms. The number of Topliss-reactive ketones (excluding diaryl/α,β-unsaturated/α-hetero) is 1. The van der Waals surface area contributed by atoms with Crippen molar-refractivity contribution in [2.45, 2.75) is 112 Å². The van der Waals surface area contributed by atoms with Gasteiger partial charge in [0.25, 0.3) is 0 Å². The molecule has 2 aliphatic carbocycles. The molecular formula is C34H55N5O8. The van der Waals surface area contributed by atoms with Crippen LogP contribution in [0.15, 0.2) is 4.99 Å². The number of aliphatic imine (C=N–C) groups is 1. The molecule has 5 amide bonds. The van der Waals surface area contributed by atoms with Crippen LogP contribution in [0.3, 0.4) is 0 Å². The van der Waals surface area contributed by atoms with E-state index in [-0.39, 0.29) is 48.2 Å². The fourth-order valence-electron chi connectivity index (χ4n) is 6.58. The van der Waals surface area contributed by atoms with Crippen LogP contribution in [0.1, 0.15) is 88.0 Å². The summed E-state index contributed by atoms with van der Waals surface area (Å²) in [5.74, 6) is -2.56. The van der Waals surface area contributed by atoms with Gasteiger partial charge in [0.05, 0.1) is 18.7 Å². The average Bonchev–Trinajstić information content (AvgIpc) is 3.27. The predicted octanol–water partition coefficient (Wildman–Crippen LogP) is 3.49. The standard InChI is InChI=1S/C34H55N5O8/c1-18(2)16-46-32(45)47-17-23(19(3)4)37-31(44)38-27(33(5,6)7)30(43)39-15-21-24(34(21,8)9)25(39)28(41)36-22(14-20-12-11-13-20)26(40)29(42)35-10/h18-25,27H,10-17H2,1-9H3,(H,36,41)(H2,37,38,44)/t21-,22?,23+,24-,25?,27+/m0/s1. The highest BCUT2D eigenvalue weighted by molar-refractivity contribution is 6.39. The molecule has 13 heteroatoms. The molecule has 47 heavy (non-hydrogen) atoms. The largest absolute Gasteiger partial charge is 0.508 e. The molecule has 0 aromatic carbocycles. The zero-order chi connectivity index (χ0) is 35.4. The Morgan fingerprint density at radius 3 is 2.09 bits per heavy atom. The minimum Gasteiger partial charge on any atom is -0.434 e. The zero-order valence-corrected chi connectivity index (χ0v) is 29.5. The Labute approximate surface area is 278 Å². The Bertz CT molecular complexity index is 1220. The van der Waals surface area contributed by atoms with Crippen LogP contribution < -0.4 is 16.0 Å². The summed E-state index contributed by atoms with van der Waals surface area (Å²) in [5, 5.41) is 8.44. The minimum absolute atomic E-state index is 0.0619. The van der Waals surface area contributed by atoms with Gasteiger partial charge in [-0.2, -0.15) is 0 Å². The van der Waals surface area contributed by atoms with Gasteiger partial charge < -0.3 is 30.3 Å². The van der Waals surface area contributed by atoms with Crippen LogP contribution in [0, 0.1) is 40.4 Å². The smallest absolute Gasteiger partial charge is 0.434 e. The molecule has 0 aromatic heterocycles. The highest BCUT2D eigenvalue weighted by Crippen LogP contribution is 2.65. The summed E-state index contributed by atoms with van der Waals surface area (Å²) in [5.41, 5.74) is -0.944. The topological polar surface area (TPSA) is 173 Å². The second-order valence-corrected chi connectivity index (χ2v) is 15.8. The summed E-state index contributed by atoms with van der Waals surface area (Å²) in [6.45, 7) is 20.7. The van der Waals surface area contributed by atoms with E-state index in [1.54, 1.807) is 0 Å². The van der Waals surface area contributed by atoms with Gasteiger partial charge in [0.1, 0.15) is 18.7 Å². The summed E-state index contributed by atoms with van der Waals surface area (Å²) in [6, 6.07) is -4.13. The normalized spacial score (nSPS) is 23.5. The van der Waals surface area contributed by atoms with Gasteiger partial charge in [0.2, 0.25) is 17.6 Å². The van der Waals surface area contributed by atoms with Gasteiger partial charge in [0, 0.05) is 6.54 Å². The highest BCUT2D eigenvalue weighted by atomic mass is 16.7. The molecule has 2 unspecified atom stereocenters. The van der Waals surface area contributed by atoms with Crippen LogP contribution in [0.4, 0.5) is 9.59 Å². The van der Waals surface area contributed by atoms with E-state index in [9.17, 15) is 28.8 Å². The number of urea groups is 1. The quantitative estimate of drug-likeness (QED) is 0.144. The van der Waals surface area contributed by atoms with Gasteiger partial charge >= 0.3 is 18.1 Å². The first-order chi connectivity index (χ1) is 21.8. The third-order valence-corrected chi connectivity index (χ3v) is 9.97. The molecule has 1 heterocycles. The zero-order valence-electron chi connectivity index (χ0n) is 29.5. The summed E-state index contributed by atoms with van der Waals surface area (Å²) < 4.78 is 10.3. The summed E-state index contributed by atoms with van der Waals surface area (Å²) >= 11 is 0. The molecule has 3 fully saturated rings. The summed E-state index contributed by atoms with van der Waals surface area (Å²) in [6.07, 6.45) is 2.35. The van der Waals surface area contributed by atoms with Gasteiger partial charge in [-0.05, 0) is 53.6 Å². The molecule has 0 radical (unpaired) electrons. The van der Waals surface area contributed by atoms with Gasteiger partial charge in [0.15, 0.2) is 0 Å². The number of carbonyl (C=O) groups is 6. The number of ketones is 1. The number of ether oxygens (including phenoxy) is 2. The number of carbonyl (C=O) groups excluding carboxylic acids is 6. The Hall–Kier alpha value is -3.51. The van der Waals surface area contributed by atoms with Crippen LogP contribution in [0.25, 0.3) is 0 Å². The van der Waals surface area contributed by atoms with Crippen molar-refractivity contribution in [1.29, 1.82) is 0 Å². The lowest BCUT2D eigenvalue weighted by Crippen LogP contribution is -2.62. The molecule has 6 atom stereocenters. The van der Waals surface area contributed by atoms with Crippen molar-refractivity contribution >= 4 is 42.4 Å². The van der Waals surface area contributed by atoms with Gasteiger partial charge in [-0.15, -0.1) is 0 Å². The number of nitrogens with one attached hydrogen (secondary N) is 3. The van der Waals surface area contributed by atoms with Crippen LogP contribution in [-0.4, -0.2) is 91.2 Å². The van der Waals surface area contributed by atoms with E-state index in [2.05, 4.69) is 27.7 Å². The number of hydrogen-bond donors (Lipinski definition) is 3. The monoisotopic (exact) mass is 661 g/mol. The maximum Gasteiger partial charge on any atom is 0.508 e. The predicted molar refractivity (Wildman–Crippen MR) is 175 cm³/mol. The summed E-state index contributed by atoms with van der Waals surface area (Å²) in [7, 11) is 0. The number of hydrogen-bond acceptors (Lipinski definition) is 8. The fraction of sp³-hybridized carbons (Fsp3) is 0.794. The third kappa shape index (κ3) is 9.31. The third-order valence-electron chi connectivity index (χ3n) is 9.97. The number of fused-ring (bicyclic) bond motifs is 1.